The third-order valence-electron chi connectivity index (χ3n) is 5.13. The van der Waals surface area contributed by atoms with E-state index in [1.165, 1.54) is 32.4 Å². The van der Waals surface area contributed by atoms with Gasteiger partial charge < -0.3 is 14.6 Å². The monoisotopic (exact) mass is 417 g/mol. The minimum absolute atomic E-state index is 0.221. The number of aromatic amines is 1. The third-order valence-corrected chi connectivity index (χ3v) is 5.13. The first-order valence-electron chi connectivity index (χ1n) is 9.12. The maximum atomic E-state index is 12.4. The zero-order chi connectivity index (χ0) is 21.6. The van der Waals surface area contributed by atoms with Gasteiger partial charge in [-0.2, -0.15) is 0 Å². The van der Waals surface area contributed by atoms with Crippen molar-refractivity contribution < 1.29 is 29.0 Å². The third kappa shape index (κ3) is 3.17. The van der Waals surface area contributed by atoms with E-state index in [9.17, 15) is 24.3 Å². The van der Waals surface area contributed by atoms with Gasteiger partial charge >= 0.3 is 5.69 Å². The molecule has 11 nitrogen and oxygen atoms in total. The molecule has 1 aromatic heterocycles. The van der Waals surface area contributed by atoms with Gasteiger partial charge in [-0.1, -0.05) is 12.1 Å². The van der Waals surface area contributed by atoms with Crippen molar-refractivity contribution in [2.45, 2.75) is 31.5 Å². The van der Waals surface area contributed by atoms with E-state index >= 15 is 0 Å². The summed E-state index contributed by atoms with van der Waals surface area (Å²) in [5.41, 5.74) is -0.550. The van der Waals surface area contributed by atoms with Crippen molar-refractivity contribution in [3.8, 4) is 0 Å². The van der Waals surface area contributed by atoms with Crippen molar-refractivity contribution in [1.29, 1.82) is 0 Å². The molecule has 0 bridgehead atoms. The van der Waals surface area contributed by atoms with Crippen LogP contribution in [0.2, 0.25) is 0 Å². The molecule has 2 amide bonds. The molecule has 2 aliphatic heterocycles. The number of aliphatic hydroxyl groups excluding tert-OH is 1. The van der Waals surface area contributed by atoms with Crippen LogP contribution in [0, 0.1) is 6.92 Å². The van der Waals surface area contributed by atoms with Crippen LogP contribution in [0.3, 0.4) is 0 Å². The molecule has 2 unspecified atom stereocenters. The van der Waals surface area contributed by atoms with Crippen molar-refractivity contribution in [3.05, 3.63) is 68.0 Å². The van der Waals surface area contributed by atoms with Gasteiger partial charge in [-0.3, -0.25) is 28.8 Å². The minimum atomic E-state index is -1.23. The lowest BCUT2D eigenvalue weighted by molar-refractivity contribution is -0.141. The van der Waals surface area contributed by atoms with Gasteiger partial charge in [0.25, 0.3) is 17.4 Å². The fourth-order valence-corrected chi connectivity index (χ4v) is 3.54. The van der Waals surface area contributed by atoms with Crippen LogP contribution in [0.5, 0.6) is 0 Å². The van der Waals surface area contributed by atoms with Gasteiger partial charge in [-0.05, 0) is 19.1 Å². The summed E-state index contributed by atoms with van der Waals surface area (Å²) in [5, 5.41) is 11.2. The lowest BCUT2D eigenvalue weighted by Gasteiger charge is -2.20. The number of hydrogen-bond donors (Lipinski definition) is 2. The van der Waals surface area contributed by atoms with Crippen LogP contribution in [0.1, 0.15) is 32.5 Å². The highest BCUT2D eigenvalue weighted by atomic mass is 16.7. The summed E-state index contributed by atoms with van der Waals surface area (Å²) >= 11 is 0. The number of methoxy groups -OCH3 is 1. The Hall–Kier alpha value is -3.12. The van der Waals surface area contributed by atoms with E-state index in [1.54, 1.807) is 12.1 Å². The van der Waals surface area contributed by atoms with E-state index in [0.29, 0.717) is 5.06 Å². The van der Waals surface area contributed by atoms with E-state index in [1.807, 2.05) is 0 Å². The first-order chi connectivity index (χ1) is 14.3. The topological polar surface area (TPSA) is 140 Å². The Morgan fingerprint density at radius 2 is 1.77 bits per heavy atom. The number of ether oxygens (including phenoxy) is 2. The lowest BCUT2D eigenvalue weighted by Crippen LogP contribution is -2.40. The molecule has 0 spiro atoms. The Labute approximate surface area is 169 Å². The first-order valence-corrected chi connectivity index (χ1v) is 9.12. The molecule has 1 fully saturated rings. The Bertz CT molecular complexity index is 1090. The summed E-state index contributed by atoms with van der Waals surface area (Å²) < 4.78 is 12.1. The summed E-state index contributed by atoms with van der Waals surface area (Å²) in [6, 6.07) is 6.30. The van der Waals surface area contributed by atoms with Crippen molar-refractivity contribution >= 4 is 11.8 Å². The van der Waals surface area contributed by atoms with Crippen molar-refractivity contribution in [1.82, 2.24) is 14.6 Å². The van der Waals surface area contributed by atoms with Crippen LogP contribution in [-0.2, 0) is 14.3 Å². The highest BCUT2D eigenvalue weighted by molar-refractivity contribution is 6.20. The van der Waals surface area contributed by atoms with Crippen LogP contribution in [0.25, 0.3) is 0 Å². The highest BCUT2D eigenvalue weighted by Crippen LogP contribution is 2.31. The van der Waals surface area contributed by atoms with Crippen LogP contribution >= 0.6 is 0 Å². The highest BCUT2D eigenvalue weighted by Gasteiger charge is 2.47. The average Bonchev–Trinajstić information content (AvgIpc) is 3.17. The molecule has 158 valence electrons. The van der Waals surface area contributed by atoms with Crippen LogP contribution < -0.4 is 11.2 Å². The van der Waals surface area contributed by atoms with E-state index in [0.717, 1.165) is 4.57 Å². The molecule has 4 atom stereocenters. The normalized spacial score (nSPS) is 25.8. The summed E-state index contributed by atoms with van der Waals surface area (Å²) in [4.78, 5) is 56.1. The van der Waals surface area contributed by atoms with Crippen molar-refractivity contribution in [3.63, 3.8) is 0 Å². The number of fused-ring (bicyclic) bond motifs is 1. The molecule has 30 heavy (non-hydrogen) atoms. The maximum absolute atomic E-state index is 12.4. The predicted molar refractivity (Wildman–Crippen MR) is 99.7 cm³/mol. The Kier molecular flexibility index (Phi) is 5.12. The molecule has 11 heteroatoms. The van der Waals surface area contributed by atoms with Crippen LogP contribution in [-0.4, -0.2) is 63.6 Å². The minimum Gasteiger partial charge on any atom is -0.387 e. The number of aromatic nitrogens is 2. The molecule has 0 saturated carbocycles. The van der Waals surface area contributed by atoms with E-state index in [-0.39, 0.29) is 23.3 Å². The number of amides is 2. The number of hydrogen-bond acceptors (Lipinski definition) is 8. The zero-order valence-corrected chi connectivity index (χ0v) is 16.1. The quantitative estimate of drug-likeness (QED) is 0.612. The van der Waals surface area contributed by atoms with Gasteiger partial charge in [0.1, 0.15) is 24.9 Å². The van der Waals surface area contributed by atoms with Gasteiger partial charge in [-0.25, -0.2) is 4.79 Å². The summed E-state index contributed by atoms with van der Waals surface area (Å²) in [6.07, 6.45) is -2.94. The van der Waals surface area contributed by atoms with Gasteiger partial charge in [0.2, 0.25) is 0 Å². The molecule has 2 aliphatic rings. The Balaban J connectivity index is 1.52. The van der Waals surface area contributed by atoms with E-state index in [2.05, 4.69) is 4.98 Å². The van der Waals surface area contributed by atoms with Crippen molar-refractivity contribution in [2.24, 2.45) is 0 Å². The van der Waals surface area contributed by atoms with Gasteiger partial charge in [0.15, 0.2) is 6.23 Å². The number of carbonyl (C=O) groups is 2. The molecular formula is C19H19N3O8. The summed E-state index contributed by atoms with van der Waals surface area (Å²) in [6.45, 7) is 1.17. The smallest absolute Gasteiger partial charge is 0.330 e. The SMILES string of the molecule is COC1C(O)[C@H](CON2C(=O)c3ccccc3C2=O)O[C@@H]1n1cc(C)c(=O)[nH]c1=O. The molecule has 2 N–H and O–H groups in total. The fourth-order valence-electron chi connectivity index (χ4n) is 3.54. The van der Waals surface area contributed by atoms with Crippen LogP contribution in [0.15, 0.2) is 40.1 Å². The number of aliphatic hydroxyl groups is 1. The second-order valence-electron chi connectivity index (χ2n) is 6.98. The Morgan fingerprint density at radius 1 is 1.13 bits per heavy atom. The van der Waals surface area contributed by atoms with Crippen LogP contribution in [0.4, 0.5) is 0 Å². The maximum Gasteiger partial charge on any atom is 0.330 e. The second kappa shape index (κ2) is 7.61. The summed E-state index contributed by atoms with van der Waals surface area (Å²) in [7, 11) is 1.33. The number of rotatable bonds is 5. The van der Waals surface area contributed by atoms with Gasteiger partial charge in [0.05, 0.1) is 11.1 Å². The number of nitrogens with one attached hydrogen (secondary N) is 1. The van der Waals surface area contributed by atoms with Gasteiger partial charge in [-0.15, -0.1) is 5.06 Å². The number of aryl methyl sites for hydroxylation is 1. The largest absolute Gasteiger partial charge is 0.387 e. The second-order valence-corrected chi connectivity index (χ2v) is 6.98. The molecule has 2 aromatic rings. The molecule has 0 aliphatic carbocycles. The zero-order valence-electron chi connectivity index (χ0n) is 16.1. The molecule has 4 rings (SSSR count). The first kappa shape index (κ1) is 20.2. The number of hydroxylamine groups is 2. The number of benzene rings is 1. The average molecular weight is 417 g/mol. The lowest BCUT2D eigenvalue weighted by atomic mass is 10.1. The predicted octanol–water partition coefficient (Wildman–Crippen LogP) is -0.654. The van der Waals surface area contributed by atoms with Crippen molar-refractivity contribution in [2.75, 3.05) is 13.7 Å². The van der Waals surface area contributed by atoms with E-state index in [4.69, 9.17) is 14.3 Å². The summed E-state index contributed by atoms with van der Waals surface area (Å²) in [5.74, 6) is -1.23. The Morgan fingerprint density at radius 3 is 2.37 bits per heavy atom. The molecule has 1 aromatic carbocycles. The van der Waals surface area contributed by atoms with E-state index < -0.39 is 47.6 Å². The number of imide groups is 1. The standard InChI is InChI=1S/C19H19N3O8/c1-9-7-21(19(27)20-15(9)24)18-14(28-2)13(23)12(30-18)8-29-22-16(25)10-5-3-4-6-11(10)17(22)26/h3-7,12-14,18,23H,8H2,1-2H3,(H,20,24,27)/t12-,13?,14?,18-/m0/s1. The fraction of sp³-hybridized carbons (Fsp3) is 0.368. The van der Waals surface area contributed by atoms with Gasteiger partial charge in [0, 0.05) is 18.9 Å². The molecular weight excluding hydrogens is 398 g/mol. The molecule has 1 saturated heterocycles. The molecule has 3 heterocycles. The number of carbonyl (C=O) groups excluding carboxylic acids is 2. The number of nitrogens with zero attached hydrogens (tertiary/aromatic N) is 2. The molecule has 0 radical (unpaired) electrons. The number of H-pyrrole nitrogens is 1.